The molecule has 114 valence electrons. The molecule has 21 heavy (non-hydrogen) atoms. The first-order valence-corrected chi connectivity index (χ1v) is 7.89. The van der Waals surface area contributed by atoms with Crippen LogP contribution in [-0.2, 0) is 4.74 Å². The molecule has 0 N–H and O–H groups in total. The number of hydrogen-bond donors (Lipinski definition) is 0. The molecule has 2 aromatic rings. The first-order valence-electron chi connectivity index (χ1n) is 7.07. The maximum atomic E-state index is 13.8. The summed E-state index contributed by atoms with van der Waals surface area (Å²) < 4.78 is 21.4. The lowest BCUT2D eigenvalue weighted by atomic mass is 10.00. The van der Waals surface area contributed by atoms with E-state index in [0.29, 0.717) is 18.0 Å². The lowest BCUT2D eigenvalue weighted by Gasteiger charge is -2.23. The molecule has 1 aromatic carbocycles. The van der Waals surface area contributed by atoms with Gasteiger partial charge in [-0.25, -0.2) is 9.37 Å². The summed E-state index contributed by atoms with van der Waals surface area (Å²) in [4.78, 5) is 4.55. The Morgan fingerprint density at radius 3 is 2.81 bits per heavy atom. The van der Waals surface area contributed by atoms with Crippen molar-refractivity contribution in [1.29, 1.82) is 0 Å². The second-order valence-electron chi connectivity index (χ2n) is 5.58. The average Bonchev–Trinajstić information content (AvgIpc) is 3.06. The zero-order valence-electron chi connectivity index (χ0n) is 11.9. The molecule has 1 aliphatic heterocycles. The number of nitrogens with zero attached hydrogens (tertiary/aromatic N) is 2. The molecule has 0 aliphatic carbocycles. The molecule has 1 aromatic heterocycles. The molecule has 3 rings (SSSR count). The number of fused-ring (bicyclic) bond motifs is 1. The number of rotatable bonds is 3. The minimum absolute atomic E-state index is 0.0813. The number of imidazole rings is 1. The van der Waals surface area contributed by atoms with Crippen LogP contribution in [0.1, 0.15) is 37.5 Å². The van der Waals surface area contributed by atoms with Gasteiger partial charge in [-0.3, -0.25) is 0 Å². The van der Waals surface area contributed by atoms with Crippen molar-refractivity contribution in [2.45, 2.75) is 31.7 Å². The lowest BCUT2D eigenvalue weighted by molar-refractivity contribution is 0.175. The van der Waals surface area contributed by atoms with Crippen LogP contribution in [0.4, 0.5) is 4.39 Å². The predicted molar refractivity (Wildman–Crippen MR) is 82.6 cm³/mol. The maximum absolute atomic E-state index is 13.8. The van der Waals surface area contributed by atoms with Gasteiger partial charge in [-0.1, -0.05) is 11.6 Å². The molecule has 3 nitrogen and oxygen atoms in total. The Bertz CT molecular complexity index is 665. The van der Waals surface area contributed by atoms with Gasteiger partial charge >= 0.3 is 0 Å². The van der Waals surface area contributed by atoms with Crippen molar-refractivity contribution in [2.24, 2.45) is 5.92 Å². The molecule has 0 saturated carbocycles. The highest BCUT2D eigenvalue weighted by Crippen LogP contribution is 2.35. The monoisotopic (exact) mass is 330 g/mol. The van der Waals surface area contributed by atoms with E-state index in [0.717, 1.165) is 24.4 Å². The van der Waals surface area contributed by atoms with Crippen LogP contribution in [0, 0.1) is 11.7 Å². The number of benzene rings is 1. The topological polar surface area (TPSA) is 27.1 Å². The molecule has 0 spiro atoms. The van der Waals surface area contributed by atoms with Crippen molar-refractivity contribution >= 4 is 34.2 Å². The fraction of sp³-hybridized carbons (Fsp3) is 0.533. The van der Waals surface area contributed by atoms with E-state index in [-0.39, 0.29) is 16.4 Å². The molecule has 0 radical (unpaired) electrons. The summed E-state index contributed by atoms with van der Waals surface area (Å²) in [7, 11) is 0. The SMILES string of the molecule is CC(Cl)c1nc2cc(Cl)c(F)cc2n1C(C)C1CCOC1. The van der Waals surface area contributed by atoms with Gasteiger partial charge in [0.05, 0.1) is 28.0 Å². The second-order valence-corrected chi connectivity index (χ2v) is 6.64. The van der Waals surface area contributed by atoms with Crippen LogP contribution in [0.3, 0.4) is 0 Å². The molecule has 0 bridgehead atoms. The predicted octanol–water partition coefficient (Wildman–Crippen LogP) is 4.73. The van der Waals surface area contributed by atoms with E-state index in [1.165, 1.54) is 6.07 Å². The van der Waals surface area contributed by atoms with Crippen LogP contribution >= 0.6 is 23.2 Å². The summed E-state index contributed by atoms with van der Waals surface area (Å²) in [5, 5.41) is -0.179. The summed E-state index contributed by atoms with van der Waals surface area (Å²) in [6.07, 6.45) is 0.993. The smallest absolute Gasteiger partial charge is 0.144 e. The van der Waals surface area contributed by atoms with Crippen molar-refractivity contribution in [3.8, 4) is 0 Å². The van der Waals surface area contributed by atoms with Gasteiger partial charge in [0, 0.05) is 24.6 Å². The molecule has 0 amide bonds. The number of alkyl halides is 1. The molecule has 6 heteroatoms. The van der Waals surface area contributed by atoms with Crippen LogP contribution in [0.25, 0.3) is 11.0 Å². The molecule has 1 saturated heterocycles. The van der Waals surface area contributed by atoms with E-state index in [1.807, 2.05) is 11.5 Å². The van der Waals surface area contributed by atoms with Gasteiger partial charge < -0.3 is 9.30 Å². The Balaban J connectivity index is 2.17. The van der Waals surface area contributed by atoms with Gasteiger partial charge in [-0.15, -0.1) is 11.6 Å². The Morgan fingerprint density at radius 1 is 1.43 bits per heavy atom. The Kier molecular flexibility index (Phi) is 4.12. The summed E-state index contributed by atoms with van der Waals surface area (Å²) in [5.41, 5.74) is 1.41. The van der Waals surface area contributed by atoms with Gasteiger partial charge in [-0.2, -0.15) is 0 Å². The summed E-state index contributed by atoms with van der Waals surface area (Å²) in [6.45, 7) is 5.46. The summed E-state index contributed by atoms with van der Waals surface area (Å²) in [5.74, 6) is 0.692. The van der Waals surface area contributed by atoms with Crippen molar-refractivity contribution in [1.82, 2.24) is 9.55 Å². The van der Waals surface area contributed by atoms with E-state index in [9.17, 15) is 4.39 Å². The number of hydrogen-bond acceptors (Lipinski definition) is 2. The van der Waals surface area contributed by atoms with E-state index in [2.05, 4.69) is 11.9 Å². The van der Waals surface area contributed by atoms with E-state index in [1.54, 1.807) is 6.07 Å². The van der Waals surface area contributed by atoms with Gasteiger partial charge in [0.1, 0.15) is 11.6 Å². The van der Waals surface area contributed by atoms with Gasteiger partial charge in [0.2, 0.25) is 0 Å². The fourth-order valence-electron chi connectivity index (χ4n) is 2.96. The first-order chi connectivity index (χ1) is 9.99. The van der Waals surface area contributed by atoms with E-state index >= 15 is 0 Å². The van der Waals surface area contributed by atoms with E-state index < -0.39 is 5.82 Å². The van der Waals surface area contributed by atoms with Crippen molar-refractivity contribution < 1.29 is 9.13 Å². The van der Waals surface area contributed by atoms with Crippen molar-refractivity contribution in [2.75, 3.05) is 13.2 Å². The second kappa shape index (κ2) is 5.75. The summed E-state index contributed by atoms with van der Waals surface area (Å²) >= 11 is 12.1. The normalized spacial score (nSPS) is 21.9. The number of halogens is 3. The fourth-order valence-corrected chi connectivity index (χ4v) is 3.27. The van der Waals surface area contributed by atoms with Crippen LogP contribution in [0.2, 0.25) is 5.02 Å². The average molecular weight is 331 g/mol. The first kappa shape index (κ1) is 15.1. The van der Waals surface area contributed by atoms with Gasteiger partial charge in [-0.05, 0) is 26.3 Å². The molecular formula is C15H17Cl2FN2O. The maximum Gasteiger partial charge on any atom is 0.144 e. The molecule has 2 heterocycles. The highest BCUT2D eigenvalue weighted by atomic mass is 35.5. The molecule has 1 aliphatic rings. The van der Waals surface area contributed by atoms with E-state index in [4.69, 9.17) is 27.9 Å². The van der Waals surface area contributed by atoms with Crippen molar-refractivity contribution in [3.63, 3.8) is 0 Å². The van der Waals surface area contributed by atoms with Crippen molar-refractivity contribution in [3.05, 3.63) is 28.8 Å². The minimum Gasteiger partial charge on any atom is -0.381 e. The Hall–Kier alpha value is -0.840. The molecule has 3 atom stereocenters. The molecular weight excluding hydrogens is 314 g/mol. The highest BCUT2D eigenvalue weighted by molar-refractivity contribution is 6.31. The van der Waals surface area contributed by atoms with Crippen LogP contribution < -0.4 is 0 Å². The summed E-state index contributed by atoms with van der Waals surface area (Å²) in [6, 6.07) is 3.15. The highest BCUT2D eigenvalue weighted by Gasteiger charge is 2.28. The zero-order valence-corrected chi connectivity index (χ0v) is 13.5. The lowest BCUT2D eigenvalue weighted by Crippen LogP contribution is -2.19. The van der Waals surface area contributed by atoms with Gasteiger partial charge in [0.25, 0.3) is 0 Å². The van der Waals surface area contributed by atoms with Crippen LogP contribution in [0.15, 0.2) is 12.1 Å². The third-order valence-electron chi connectivity index (χ3n) is 4.17. The quantitative estimate of drug-likeness (QED) is 0.761. The molecule has 3 unspecified atom stereocenters. The van der Waals surface area contributed by atoms with Crippen LogP contribution in [0.5, 0.6) is 0 Å². The Morgan fingerprint density at radius 2 is 2.19 bits per heavy atom. The van der Waals surface area contributed by atoms with Crippen LogP contribution in [-0.4, -0.2) is 22.8 Å². The largest absolute Gasteiger partial charge is 0.381 e. The third kappa shape index (κ3) is 2.65. The third-order valence-corrected chi connectivity index (χ3v) is 4.65. The molecule has 1 fully saturated rings. The number of ether oxygens (including phenoxy) is 1. The Labute approximate surface area is 133 Å². The standard InChI is InChI=1S/C15H17Cl2FN2O/c1-8(16)15-19-13-5-11(17)12(18)6-14(13)20(15)9(2)10-3-4-21-7-10/h5-6,8-10H,3-4,7H2,1-2H3. The van der Waals surface area contributed by atoms with Gasteiger partial charge in [0.15, 0.2) is 0 Å². The minimum atomic E-state index is -0.436. The number of aromatic nitrogens is 2. The zero-order chi connectivity index (χ0) is 15.1.